The van der Waals surface area contributed by atoms with E-state index in [4.69, 9.17) is 9.84 Å². The number of amides is 1. The van der Waals surface area contributed by atoms with Gasteiger partial charge in [0, 0.05) is 12.0 Å². The number of hydrogen-bond acceptors (Lipinski definition) is 8. The molecular formula is C15H14F3N3O5S. The Labute approximate surface area is 154 Å². The summed E-state index contributed by atoms with van der Waals surface area (Å²) >= 11 is 0.999. The lowest BCUT2D eigenvalue weighted by molar-refractivity contribution is -0.274. The fraction of sp³-hybridized carbons (Fsp3) is 0.400. The van der Waals surface area contributed by atoms with Gasteiger partial charge in [-0.1, -0.05) is 17.4 Å². The predicted molar refractivity (Wildman–Crippen MR) is 86.3 cm³/mol. The van der Waals surface area contributed by atoms with E-state index in [0.29, 0.717) is 5.01 Å². The van der Waals surface area contributed by atoms with Gasteiger partial charge in [0.25, 0.3) is 5.91 Å². The molecule has 0 unspecified atom stereocenters. The number of carbonyl (C=O) groups excluding carboxylic acids is 1. The Morgan fingerprint density at radius 3 is 2.85 bits per heavy atom. The molecule has 0 spiro atoms. The van der Waals surface area contributed by atoms with E-state index >= 15 is 0 Å². The van der Waals surface area contributed by atoms with Gasteiger partial charge in [-0.3, -0.25) is 10.1 Å². The highest BCUT2D eigenvalue weighted by molar-refractivity contribution is 7.15. The minimum absolute atomic E-state index is 0.0543. The molecule has 0 saturated carbocycles. The third kappa shape index (κ3) is 4.91. The van der Waals surface area contributed by atoms with E-state index in [1.165, 1.54) is 12.1 Å². The number of benzene rings is 1. The first kappa shape index (κ1) is 19.5. The highest BCUT2D eigenvalue weighted by atomic mass is 32.1. The van der Waals surface area contributed by atoms with Crippen LogP contribution in [0.25, 0.3) is 0 Å². The van der Waals surface area contributed by atoms with Crippen LogP contribution in [0.5, 0.6) is 5.75 Å². The minimum atomic E-state index is -4.86. The fourth-order valence-corrected chi connectivity index (χ4v) is 3.26. The minimum Gasteiger partial charge on any atom is -0.406 e. The first-order valence-electron chi connectivity index (χ1n) is 7.70. The van der Waals surface area contributed by atoms with Crippen LogP contribution in [0, 0.1) is 0 Å². The van der Waals surface area contributed by atoms with Crippen molar-refractivity contribution < 1.29 is 37.7 Å². The van der Waals surface area contributed by atoms with Gasteiger partial charge in [0.2, 0.25) is 5.13 Å². The van der Waals surface area contributed by atoms with Gasteiger partial charge in [-0.05, 0) is 18.2 Å². The molecule has 1 amide bonds. The number of anilines is 1. The number of rotatable bonds is 5. The maximum absolute atomic E-state index is 12.3. The van der Waals surface area contributed by atoms with Crippen molar-refractivity contribution in [1.29, 1.82) is 0 Å². The molecule has 1 saturated heterocycles. The summed E-state index contributed by atoms with van der Waals surface area (Å²) in [6.07, 6.45) is -6.75. The average Bonchev–Trinajstić information content (AvgIpc) is 3.19. The van der Waals surface area contributed by atoms with Gasteiger partial charge in [-0.25, -0.2) is 0 Å². The van der Waals surface area contributed by atoms with Gasteiger partial charge in [0.05, 0.1) is 12.7 Å². The maximum Gasteiger partial charge on any atom is 0.573 e. The zero-order chi connectivity index (χ0) is 19.6. The standard InChI is InChI=1S/C15H14F3N3O5S/c16-15(17,18)26-8-3-1-2-7(4-8)12(24)19-14-21-20-13(27-14)10-5-9(23)11(6-22)25-10/h1-4,9-11,22-23H,5-6H2,(H,19,21,24)/t9-,10-,11+/m0/s1. The molecule has 3 N–H and O–H groups in total. The number of aliphatic hydroxyl groups excluding tert-OH is 2. The zero-order valence-electron chi connectivity index (χ0n) is 13.5. The Bertz CT molecular complexity index is 816. The molecule has 1 aliphatic heterocycles. The lowest BCUT2D eigenvalue weighted by Gasteiger charge is -2.10. The molecule has 0 radical (unpaired) electrons. The van der Waals surface area contributed by atoms with E-state index in [-0.39, 0.29) is 23.7 Å². The lowest BCUT2D eigenvalue weighted by atomic mass is 10.1. The molecule has 1 fully saturated rings. The smallest absolute Gasteiger partial charge is 0.406 e. The quantitative estimate of drug-likeness (QED) is 0.696. The number of halogens is 3. The number of aromatic nitrogens is 2. The average molecular weight is 405 g/mol. The van der Waals surface area contributed by atoms with Gasteiger partial charge in [-0.15, -0.1) is 23.4 Å². The highest BCUT2D eigenvalue weighted by Crippen LogP contribution is 2.35. The van der Waals surface area contributed by atoms with Crippen molar-refractivity contribution in [2.45, 2.75) is 31.1 Å². The van der Waals surface area contributed by atoms with Crippen molar-refractivity contribution in [3.05, 3.63) is 34.8 Å². The first-order chi connectivity index (χ1) is 12.7. The van der Waals surface area contributed by atoms with E-state index in [0.717, 1.165) is 23.5 Å². The molecule has 27 heavy (non-hydrogen) atoms. The summed E-state index contributed by atoms with van der Waals surface area (Å²) in [7, 11) is 0. The maximum atomic E-state index is 12.3. The van der Waals surface area contributed by atoms with Gasteiger partial charge in [-0.2, -0.15) is 0 Å². The van der Waals surface area contributed by atoms with Crippen molar-refractivity contribution in [3.63, 3.8) is 0 Å². The number of alkyl halides is 3. The Balaban J connectivity index is 1.65. The molecule has 1 aliphatic rings. The molecule has 8 nitrogen and oxygen atoms in total. The van der Waals surface area contributed by atoms with E-state index in [1.54, 1.807) is 0 Å². The van der Waals surface area contributed by atoms with Crippen LogP contribution in [0.4, 0.5) is 18.3 Å². The second-order valence-corrected chi connectivity index (χ2v) is 6.63. The van der Waals surface area contributed by atoms with E-state index in [1.807, 2.05) is 0 Å². The monoisotopic (exact) mass is 405 g/mol. The first-order valence-corrected chi connectivity index (χ1v) is 8.52. The number of carbonyl (C=O) groups is 1. The molecule has 12 heteroatoms. The zero-order valence-corrected chi connectivity index (χ0v) is 14.3. The van der Waals surface area contributed by atoms with E-state index < -0.39 is 36.3 Å². The third-order valence-electron chi connectivity index (χ3n) is 3.67. The Hall–Kier alpha value is -2.28. The highest BCUT2D eigenvalue weighted by Gasteiger charge is 2.36. The summed E-state index contributed by atoms with van der Waals surface area (Å²) in [6, 6.07) is 4.60. The molecule has 1 aromatic heterocycles. The number of nitrogens with zero attached hydrogens (tertiary/aromatic N) is 2. The van der Waals surface area contributed by atoms with Crippen LogP contribution in [0.2, 0.25) is 0 Å². The van der Waals surface area contributed by atoms with Crippen molar-refractivity contribution in [3.8, 4) is 5.75 Å². The number of ether oxygens (including phenoxy) is 2. The summed E-state index contributed by atoms with van der Waals surface area (Å²) in [6.45, 7) is -0.337. The van der Waals surface area contributed by atoms with Gasteiger partial charge in [0.15, 0.2) is 0 Å². The Morgan fingerprint density at radius 2 is 2.19 bits per heavy atom. The SMILES string of the molecule is O=C(Nc1nnc([C@@H]2C[C@H](O)[C@@H](CO)O2)s1)c1cccc(OC(F)(F)F)c1. The number of aliphatic hydroxyl groups is 2. The van der Waals surface area contributed by atoms with Crippen molar-refractivity contribution >= 4 is 22.4 Å². The van der Waals surface area contributed by atoms with E-state index in [2.05, 4.69) is 20.3 Å². The summed E-state index contributed by atoms with van der Waals surface area (Å²) in [4.78, 5) is 12.2. The second-order valence-electron chi connectivity index (χ2n) is 5.62. The molecule has 2 aromatic rings. The molecule has 0 aliphatic carbocycles. The molecule has 3 rings (SSSR count). The Morgan fingerprint density at radius 1 is 1.41 bits per heavy atom. The second kappa shape index (κ2) is 7.76. The molecule has 0 bridgehead atoms. The van der Waals surface area contributed by atoms with Gasteiger partial charge in [0.1, 0.15) is 23.0 Å². The van der Waals surface area contributed by atoms with Gasteiger partial charge < -0.3 is 19.7 Å². The van der Waals surface area contributed by atoms with Crippen LogP contribution < -0.4 is 10.1 Å². The molecule has 2 heterocycles. The largest absolute Gasteiger partial charge is 0.573 e. The normalized spacial score (nSPS) is 22.6. The summed E-state index contributed by atoms with van der Waals surface area (Å²) in [5, 5.41) is 29.4. The summed E-state index contributed by atoms with van der Waals surface area (Å²) in [5.41, 5.74) is -0.0543. The van der Waals surface area contributed by atoms with Crippen molar-refractivity contribution in [1.82, 2.24) is 10.2 Å². The van der Waals surface area contributed by atoms with Crippen LogP contribution in [0.3, 0.4) is 0 Å². The predicted octanol–water partition coefficient (Wildman–Crippen LogP) is 1.87. The van der Waals surface area contributed by atoms with Crippen LogP contribution >= 0.6 is 11.3 Å². The van der Waals surface area contributed by atoms with Crippen molar-refractivity contribution in [2.24, 2.45) is 0 Å². The molecular weight excluding hydrogens is 391 g/mol. The lowest BCUT2D eigenvalue weighted by Crippen LogP contribution is -2.24. The topological polar surface area (TPSA) is 114 Å². The third-order valence-corrected chi connectivity index (χ3v) is 4.60. The van der Waals surface area contributed by atoms with Crippen molar-refractivity contribution in [2.75, 3.05) is 11.9 Å². The van der Waals surface area contributed by atoms with E-state index in [9.17, 15) is 23.1 Å². The van der Waals surface area contributed by atoms with Crippen LogP contribution in [0.15, 0.2) is 24.3 Å². The molecule has 146 valence electrons. The Kier molecular flexibility index (Phi) is 5.60. The van der Waals surface area contributed by atoms with Crippen LogP contribution in [0.1, 0.15) is 27.9 Å². The molecule has 1 aromatic carbocycles. The van der Waals surface area contributed by atoms with Crippen LogP contribution in [-0.4, -0.2) is 51.5 Å². The summed E-state index contributed by atoms with van der Waals surface area (Å²) in [5.74, 6) is -1.21. The van der Waals surface area contributed by atoms with Crippen LogP contribution in [-0.2, 0) is 4.74 Å². The molecule has 3 atom stereocenters. The number of hydrogen-bond donors (Lipinski definition) is 3. The van der Waals surface area contributed by atoms with Gasteiger partial charge >= 0.3 is 6.36 Å². The number of nitrogens with one attached hydrogen (secondary N) is 1. The fourth-order valence-electron chi connectivity index (χ4n) is 2.47. The summed E-state index contributed by atoms with van der Waals surface area (Å²) < 4.78 is 46.0.